The normalized spacial score (nSPS) is 15.9. The number of H-pyrrole nitrogens is 1. The van der Waals surface area contributed by atoms with E-state index in [4.69, 9.17) is 0 Å². The molecule has 1 atom stereocenters. The predicted molar refractivity (Wildman–Crippen MR) is 148 cm³/mol. The van der Waals surface area contributed by atoms with Gasteiger partial charge in [0.25, 0.3) is 5.56 Å². The van der Waals surface area contributed by atoms with Crippen LogP contribution < -0.4 is 10.5 Å². The minimum Gasteiger partial charge on any atom is -0.369 e. The fraction of sp³-hybridized carbons (Fsp3) is 0.448. The van der Waals surface area contributed by atoms with E-state index in [1.165, 1.54) is 16.8 Å². The molecule has 5 rings (SSSR count). The third-order valence-electron chi connectivity index (χ3n) is 7.39. The molecule has 4 aromatic rings. The van der Waals surface area contributed by atoms with Crippen molar-refractivity contribution in [3.63, 3.8) is 0 Å². The maximum Gasteiger partial charge on any atom is 0.253 e. The van der Waals surface area contributed by atoms with Crippen LogP contribution >= 0.6 is 0 Å². The molecule has 0 unspecified atom stereocenters. The molecular weight excluding hydrogens is 462 g/mol. The molecule has 0 amide bonds. The summed E-state index contributed by atoms with van der Waals surface area (Å²) in [6.07, 6.45) is 0. The number of aromatic nitrogens is 5. The SMILES string of the molecule is Cc1ccc(C)c(N2CCN([C@@H](c3cc4c(C)cc(C)cc4[nH]c3=O)c3nnnn3C(C)(C)C)CC2)c1. The Morgan fingerprint density at radius 3 is 2.32 bits per heavy atom. The third-order valence-corrected chi connectivity index (χ3v) is 7.39. The quantitative estimate of drug-likeness (QED) is 0.448. The van der Waals surface area contributed by atoms with Gasteiger partial charge in [-0.1, -0.05) is 18.2 Å². The van der Waals surface area contributed by atoms with Crippen LogP contribution in [0.25, 0.3) is 10.9 Å². The number of pyridine rings is 1. The largest absolute Gasteiger partial charge is 0.369 e. The van der Waals surface area contributed by atoms with Gasteiger partial charge in [0, 0.05) is 48.3 Å². The highest BCUT2D eigenvalue weighted by molar-refractivity contribution is 5.83. The molecule has 1 aliphatic rings. The van der Waals surface area contributed by atoms with Crippen molar-refractivity contribution >= 4 is 16.6 Å². The summed E-state index contributed by atoms with van der Waals surface area (Å²) in [5, 5.41) is 13.9. The summed E-state index contributed by atoms with van der Waals surface area (Å²) in [4.78, 5) is 21.6. The minimum absolute atomic E-state index is 0.0945. The number of anilines is 1. The number of fused-ring (bicyclic) bond motifs is 1. The number of nitrogens with zero attached hydrogens (tertiary/aromatic N) is 6. The molecule has 8 heteroatoms. The molecule has 0 spiro atoms. The van der Waals surface area contributed by atoms with E-state index in [9.17, 15) is 4.79 Å². The van der Waals surface area contributed by atoms with Crippen molar-refractivity contribution in [2.24, 2.45) is 0 Å². The van der Waals surface area contributed by atoms with Gasteiger partial charge < -0.3 is 9.88 Å². The molecule has 37 heavy (non-hydrogen) atoms. The fourth-order valence-electron chi connectivity index (χ4n) is 5.51. The van der Waals surface area contributed by atoms with Crippen LogP contribution in [0.4, 0.5) is 5.69 Å². The Bertz CT molecular complexity index is 1500. The van der Waals surface area contributed by atoms with Crippen LogP contribution in [0.15, 0.2) is 41.2 Å². The van der Waals surface area contributed by atoms with E-state index in [1.54, 1.807) is 0 Å². The lowest BCUT2D eigenvalue weighted by atomic mass is 9.98. The zero-order valence-corrected chi connectivity index (χ0v) is 23.0. The summed E-state index contributed by atoms with van der Waals surface area (Å²) < 4.78 is 1.86. The lowest BCUT2D eigenvalue weighted by molar-refractivity contribution is 0.190. The van der Waals surface area contributed by atoms with Crippen molar-refractivity contribution in [2.45, 2.75) is 60.0 Å². The van der Waals surface area contributed by atoms with Crippen molar-refractivity contribution in [1.29, 1.82) is 0 Å². The summed E-state index contributed by atoms with van der Waals surface area (Å²) in [5.74, 6) is 0.697. The number of tetrazole rings is 1. The van der Waals surface area contributed by atoms with Crippen molar-refractivity contribution in [3.05, 3.63) is 80.4 Å². The molecule has 3 heterocycles. The Morgan fingerprint density at radius 1 is 0.892 bits per heavy atom. The molecule has 0 radical (unpaired) electrons. The molecule has 1 aliphatic heterocycles. The van der Waals surface area contributed by atoms with Gasteiger partial charge in [0.15, 0.2) is 5.82 Å². The Morgan fingerprint density at radius 2 is 1.62 bits per heavy atom. The second-order valence-electron chi connectivity index (χ2n) is 11.4. The molecule has 1 fully saturated rings. The smallest absolute Gasteiger partial charge is 0.253 e. The highest BCUT2D eigenvalue weighted by Gasteiger charge is 2.35. The van der Waals surface area contributed by atoms with E-state index < -0.39 is 0 Å². The average Bonchev–Trinajstić information content (AvgIpc) is 3.32. The number of piperazine rings is 1. The van der Waals surface area contributed by atoms with Crippen molar-refractivity contribution in [2.75, 3.05) is 31.1 Å². The van der Waals surface area contributed by atoms with Gasteiger partial charge in [-0.25, -0.2) is 4.68 Å². The first-order valence-electron chi connectivity index (χ1n) is 13.0. The second-order valence-corrected chi connectivity index (χ2v) is 11.4. The molecule has 0 bridgehead atoms. The summed E-state index contributed by atoms with van der Waals surface area (Å²) in [7, 11) is 0. The van der Waals surface area contributed by atoms with E-state index in [0.29, 0.717) is 11.4 Å². The highest BCUT2D eigenvalue weighted by Crippen LogP contribution is 2.32. The number of hydrogen-bond acceptors (Lipinski definition) is 6. The van der Waals surface area contributed by atoms with E-state index in [1.807, 2.05) is 23.7 Å². The molecule has 194 valence electrons. The molecule has 0 aliphatic carbocycles. The van der Waals surface area contributed by atoms with Crippen LogP contribution in [0.5, 0.6) is 0 Å². The number of aryl methyl sites for hydroxylation is 4. The van der Waals surface area contributed by atoms with Gasteiger partial charge in [-0.3, -0.25) is 9.69 Å². The summed E-state index contributed by atoms with van der Waals surface area (Å²) in [5.41, 5.74) is 7.22. The maximum atomic E-state index is 13.6. The van der Waals surface area contributed by atoms with Crippen molar-refractivity contribution in [1.82, 2.24) is 30.1 Å². The Labute approximate surface area is 218 Å². The maximum absolute atomic E-state index is 13.6. The van der Waals surface area contributed by atoms with E-state index in [0.717, 1.165) is 48.2 Å². The van der Waals surface area contributed by atoms with Crippen LogP contribution in [-0.4, -0.2) is 56.3 Å². The third kappa shape index (κ3) is 4.78. The van der Waals surface area contributed by atoms with Gasteiger partial charge >= 0.3 is 0 Å². The first kappa shape index (κ1) is 25.1. The predicted octanol–water partition coefficient (Wildman–Crippen LogP) is 4.41. The van der Waals surface area contributed by atoms with Gasteiger partial charge in [-0.2, -0.15) is 0 Å². The standard InChI is InChI=1S/C29H37N7O/c1-18-8-9-20(3)25(16-18)34-10-12-35(13-11-34)26(27-31-32-33-36(27)29(5,6)7)23-17-22-21(4)14-19(2)15-24(22)30-28(23)37/h8-9,14-17,26H,10-13H2,1-7H3,(H,30,37)/t26-/m0/s1. The zero-order chi connectivity index (χ0) is 26.5. The zero-order valence-electron chi connectivity index (χ0n) is 23.0. The number of hydrogen-bond donors (Lipinski definition) is 1. The van der Waals surface area contributed by atoms with Crippen molar-refractivity contribution in [3.8, 4) is 0 Å². The molecular formula is C29H37N7O. The Hall–Kier alpha value is -3.52. The van der Waals surface area contributed by atoms with Crippen LogP contribution in [-0.2, 0) is 5.54 Å². The summed E-state index contributed by atoms with van der Waals surface area (Å²) >= 11 is 0. The first-order valence-corrected chi connectivity index (χ1v) is 13.0. The lowest BCUT2D eigenvalue weighted by Gasteiger charge is -2.40. The molecule has 2 aromatic heterocycles. The topological polar surface area (TPSA) is 82.9 Å². The summed E-state index contributed by atoms with van der Waals surface area (Å²) in [6, 6.07) is 12.5. The number of benzene rings is 2. The van der Waals surface area contributed by atoms with Crippen molar-refractivity contribution < 1.29 is 0 Å². The summed E-state index contributed by atoms with van der Waals surface area (Å²) in [6.45, 7) is 18.0. The monoisotopic (exact) mass is 499 g/mol. The molecule has 2 aromatic carbocycles. The average molecular weight is 500 g/mol. The number of nitrogens with one attached hydrogen (secondary N) is 1. The first-order chi connectivity index (χ1) is 17.5. The lowest BCUT2D eigenvalue weighted by Crippen LogP contribution is -2.49. The van der Waals surface area contributed by atoms with Crippen LogP contribution in [0.3, 0.4) is 0 Å². The minimum atomic E-state index is -0.358. The van der Waals surface area contributed by atoms with Gasteiger partial charge in [0.1, 0.15) is 6.04 Å². The van der Waals surface area contributed by atoms with E-state index in [-0.39, 0.29) is 17.1 Å². The van der Waals surface area contributed by atoms with E-state index >= 15 is 0 Å². The van der Waals surface area contributed by atoms with Gasteiger partial charge in [0.05, 0.1) is 5.54 Å². The molecule has 1 saturated heterocycles. The van der Waals surface area contributed by atoms with Gasteiger partial charge in [-0.15, -0.1) is 5.10 Å². The highest BCUT2D eigenvalue weighted by atomic mass is 16.1. The number of rotatable bonds is 4. The van der Waals surface area contributed by atoms with Crippen LogP contribution in [0.1, 0.15) is 60.5 Å². The Kier molecular flexibility index (Phi) is 6.40. The molecule has 0 saturated carbocycles. The van der Waals surface area contributed by atoms with Gasteiger partial charge in [-0.05, 0) is 99.3 Å². The number of aromatic amines is 1. The van der Waals surface area contributed by atoms with Gasteiger partial charge in [0.2, 0.25) is 0 Å². The van der Waals surface area contributed by atoms with E-state index in [2.05, 4.69) is 96.1 Å². The molecule has 8 nitrogen and oxygen atoms in total. The molecule has 1 N–H and O–H groups in total. The second kappa shape index (κ2) is 9.41. The van der Waals surface area contributed by atoms with Crippen LogP contribution in [0, 0.1) is 27.7 Å². The van der Waals surface area contributed by atoms with Crippen LogP contribution in [0.2, 0.25) is 0 Å². The fourth-order valence-corrected chi connectivity index (χ4v) is 5.51. The Balaban J connectivity index is 1.58.